The van der Waals surface area contributed by atoms with Crippen molar-refractivity contribution >= 4 is 26.7 Å². The molecule has 0 bridgehead atoms. The summed E-state index contributed by atoms with van der Waals surface area (Å²) in [5, 5.41) is 2.37. The summed E-state index contributed by atoms with van der Waals surface area (Å²) in [4.78, 5) is 0. The van der Waals surface area contributed by atoms with Gasteiger partial charge in [0.05, 0.1) is 11.6 Å². The first-order chi connectivity index (χ1) is 9.38. The highest BCUT2D eigenvalue weighted by Gasteiger charge is 2.25. The van der Waals surface area contributed by atoms with E-state index in [0.717, 1.165) is 22.0 Å². The number of benzene rings is 2. The average Bonchev–Trinajstić information content (AvgIpc) is 2.38. The van der Waals surface area contributed by atoms with E-state index < -0.39 is 0 Å². The van der Waals surface area contributed by atoms with Gasteiger partial charge in [-0.2, -0.15) is 0 Å². The van der Waals surface area contributed by atoms with Gasteiger partial charge in [0.2, 0.25) is 0 Å². The van der Waals surface area contributed by atoms with E-state index in [0.29, 0.717) is 5.92 Å². The topological polar surface area (TPSA) is 35.2 Å². The summed E-state index contributed by atoms with van der Waals surface area (Å²) in [5.41, 5.74) is 7.39. The van der Waals surface area contributed by atoms with Gasteiger partial charge in [0, 0.05) is 11.5 Å². The van der Waals surface area contributed by atoms with Crippen LogP contribution in [0.25, 0.3) is 10.8 Å². The van der Waals surface area contributed by atoms with Crippen molar-refractivity contribution in [1.29, 1.82) is 0 Å². The Morgan fingerprint density at radius 2 is 1.95 bits per heavy atom. The third kappa shape index (κ3) is 2.84. The van der Waals surface area contributed by atoms with Crippen molar-refractivity contribution in [3.8, 4) is 5.75 Å². The number of nitrogens with two attached hydrogens (primary N) is 1. The van der Waals surface area contributed by atoms with Crippen molar-refractivity contribution in [2.75, 3.05) is 7.11 Å². The molecule has 0 aliphatic rings. The molecule has 20 heavy (non-hydrogen) atoms. The Bertz CT molecular complexity index is 616. The molecule has 0 spiro atoms. The summed E-state index contributed by atoms with van der Waals surface area (Å²) >= 11 is 3.61. The fourth-order valence-electron chi connectivity index (χ4n) is 2.86. The molecule has 0 aliphatic carbocycles. The van der Waals surface area contributed by atoms with Crippen molar-refractivity contribution in [3.63, 3.8) is 0 Å². The molecule has 2 rings (SSSR count). The van der Waals surface area contributed by atoms with E-state index in [9.17, 15) is 0 Å². The maximum Gasteiger partial charge on any atom is 0.133 e. The van der Waals surface area contributed by atoms with Gasteiger partial charge < -0.3 is 10.5 Å². The minimum Gasteiger partial charge on any atom is -0.496 e. The van der Waals surface area contributed by atoms with Crippen LogP contribution in [0.15, 0.2) is 34.8 Å². The zero-order valence-electron chi connectivity index (χ0n) is 12.5. The summed E-state index contributed by atoms with van der Waals surface area (Å²) in [5.74, 6) is 1.21. The number of ether oxygens (including phenoxy) is 1. The van der Waals surface area contributed by atoms with Crippen molar-refractivity contribution in [2.45, 2.75) is 38.6 Å². The van der Waals surface area contributed by atoms with Crippen molar-refractivity contribution in [2.24, 2.45) is 5.73 Å². The summed E-state index contributed by atoms with van der Waals surface area (Å²) in [6.45, 7) is 6.37. The van der Waals surface area contributed by atoms with E-state index in [1.807, 2.05) is 6.07 Å². The van der Waals surface area contributed by atoms with Gasteiger partial charge >= 0.3 is 0 Å². The lowest BCUT2D eigenvalue weighted by molar-refractivity contribution is 0.401. The normalized spacial score (nSPS) is 13.5. The van der Waals surface area contributed by atoms with Crippen LogP contribution in [0.2, 0.25) is 0 Å². The van der Waals surface area contributed by atoms with Crippen molar-refractivity contribution < 1.29 is 4.74 Å². The number of halogens is 1. The molecule has 0 saturated heterocycles. The van der Waals surface area contributed by atoms with Gasteiger partial charge in [0.25, 0.3) is 0 Å². The van der Waals surface area contributed by atoms with Crippen LogP contribution in [-0.2, 0) is 0 Å². The first kappa shape index (κ1) is 15.3. The molecule has 2 aromatic rings. The van der Waals surface area contributed by atoms with Crippen LogP contribution >= 0.6 is 15.9 Å². The molecular weight excluding hydrogens is 314 g/mol. The lowest BCUT2D eigenvalue weighted by atomic mass is 9.80. The molecule has 3 heteroatoms. The number of hydrogen-bond acceptors (Lipinski definition) is 2. The molecule has 0 saturated carbocycles. The van der Waals surface area contributed by atoms with E-state index in [1.54, 1.807) is 7.11 Å². The second-order valence-corrected chi connectivity index (χ2v) is 6.64. The third-order valence-corrected chi connectivity index (χ3v) is 4.69. The molecular formula is C17H22BrNO. The van der Waals surface area contributed by atoms with E-state index in [-0.39, 0.29) is 5.54 Å². The standard InChI is InChI=1S/C17H22BrNO/c1-5-14(17(2,3)19)12-6-8-13-11(10-12)7-9-15(20-4)16(13)18/h6-10,14H,5,19H2,1-4H3/t14-/m1/s1. The zero-order chi connectivity index (χ0) is 14.9. The maximum absolute atomic E-state index is 6.31. The van der Waals surface area contributed by atoms with Crippen LogP contribution in [0.5, 0.6) is 5.75 Å². The quantitative estimate of drug-likeness (QED) is 0.867. The minimum absolute atomic E-state index is 0.216. The van der Waals surface area contributed by atoms with E-state index in [2.05, 4.69) is 61.0 Å². The third-order valence-electron chi connectivity index (χ3n) is 3.87. The molecule has 0 aliphatic heterocycles. The Kier molecular flexibility index (Phi) is 4.40. The highest BCUT2D eigenvalue weighted by Crippen LogP contribution is 2.36. The summed E-state index contributed by atoms with van der Waals surface area (Å²) < 4.78 is 6.34. The second-order valence-electron chi connectivity index (χ2n) is 5.84. The van der Waals surface area contributed by atoms with Crippen LogP contribution in [0.4, 0.5) is 0 Å². The predicted octanol–water partition coefficient (Wildman–Crippen LogP) is 4.84. The molecule has 0 aromatic heterocycles. The van der Waals surface area contributed by atoms with E-state index >= 15 is 0 Å². The molecule has 2 N–H and O–H groups in total. The van der Waals surface area contributed by atoms with Gasteiger partial charge in [0.1, 0.15) is 5.75 Å². The lowest BCUT2D eigenvalue weighted by Gasteiger charge is -2.30. The average molecular weight is 336 g/mol. The molecule has 0 amide bonds. The molecule has 108 valence electrons. The Hall–Kier alpha value is -1.06. The van der Waals surface area contributed by atoms with Crippen LogP contribution < -0.4 is 10.5 Å². The summed E-state index contributed by atoms with van der Waals surface area (Å²) in [6.07, 6.45) is 1.03. The Balaban J connectivity index is 2.55. The first-order valence-corrected chi connectivity index (χ1v) is 7.72. The van der Waals surface area contributed by atoms with Gasteiger partial charge in [-0.1, -0.05) is 31.2 Å². The van der Waals surface area contributed by atoms with Crippen molar-refractivity contribution in [3.05, 3.63) is 40.4 Å². The molecule has 2 nitrogen and oxygen atoms in total. The van der Waals surface area contributed by atoms with Gasteiger partial charge in [-0.25, -0.2) is 0 Å². The lowest BCUT2D eigenvalue weighted by Crippen LogP contribution is -2.39. The molecule has 0 radical (unpaired) electrons. The molecule has 1 atom stereocenters. The van der Waals surface area contributed by atoms with Gasteiger partial charge in [-0.15, -0.1) is 0 Å². The molecule has 0 unspecified atom stereocenters. The smallest absolute Gasteiger partial charge is 0.133 e. The van der Waals surface area contributed by atoms with Crippen LogP contribution in [0.3, 0.4) is 0 Å². The van der Waals surface area contributed by atoms with Gasteiger partial charge in [-0.05, 0) is 58.6 Å². The predicted molar refractivity (Wildman–Crippen MR) is 89.5 cm³/mol. The largest absolute Gasteiger partial charge is 0.496 e. The number of fused-ring (bicyclic) bond motifs is 1. The fourth-order valence-corrected chi connectivity index (χ4v) is 3.51. The van der Waals surface area contributed by atoms with Gasteiger partial charge in [-0.3, -0.25) is 0 Å². The zero-order valence-corrected chi connectivity index (χ0v) is 14.1. The maximum atomic E-state index is 6.31. The van der Waals surface area contributed by atoms with Crippen LogP contribution in [0, 0.1) is 0 Å². The second kappa shape index (κ2) is 5.74. The Morgan fingerprint density at radius 1 is 1.25 bits per heavy atom. The van der Waals surface area contributed by atoms with E-state index in [1.165, 1.54) is 10.9 Å². The molecule has 0 heterocycles. The highest BCUT2D eigenvalue weighted by molar-refractivity contribution is 9.10. The Morgan fingerprint density at radius 3 is 2.50 bits per heavy atom. The number of methoxy groups -OCH3 is 1. The number of hydrogen-bond donors (Lipinski definition) is 1. The molecule has 2 aromatic carbocycles. The van der Waals surface area contributed by atoms with Gasteiger partial charge in [0.15, 0.2) is 0 Å². The number of rotatable bonds is 4. The van der Waals surface area contributed by atoms with Crippen LogP contribution in [0.1, 0.15) is 38.7 Å². The van der Waals surface area contributed by atoms with E-state index in [4.69, 9.17) is 10.5 Å². The monoisotopic (exact) mass is 335 g/mol. The minimum atomic E-state index is -0.216. The summed E-state index contributed by atoms with van der Waals surface area (Å²) in [6, 6.07) is 10.6. The summed E-state index contributed by atoms with van der Waals surface area (Å²) in [7, 11) is 1.68. The molecule has 0 fully saturated rings. The Labute approximate surface area is 129 Å². The van der Waals surface area contributed by atoms with Crippen molar-refractivity contribution in [1.82, 2.24) is 0 Å². The highest BCUT2D eigenvalue weighted by atomic mass is 79.9. The first-order valence-electron chi connectivity index (χ1n) is 6.93. The van der Waals surface area contributed by atoms with Crippen LogP contribution in [-0.4, -0.2) is 12.6 Å². The fraction of sp³-hybridized carbons (Fsp3) is 0.412. The SMILES string of the molecule is CC[C@H](c1ccc2c(Br)c(OC)ccc2c1)C(C)(C)N.